The largest absolute Gasteiger partial charge is 0.308 e. The number of nitrogens with zero attached hydrogens (tertiary/aromatic N) is 4. The molecule has 13 aromatic rings. The Bertz CT molecular complexity index is 4290. The predicted molar refractivity (Wildman–Crippen MR) is 329 cm³/mol. The van der Waals surface area contributed by atoms with Crippen molar-refractivity contribution < 1.29 is 0 Å². The Morgan fingerprint density at radius 1 is 0.266 bits per heavy atom. The van der Waals surface area contributed by atoms with Gasteiger partial charge in [-0.05, 0) is 110 Å². The van der Waals surface area contributed by atoms with Crippen molar-refractivity contribution in [3.63, 3.8) is 0 Å². The summed E-state index contributed by atoms with van der Waals surface area (Å²) < 4.78 is 2.49. The lowest BCUT2D eigenvalue weighted by Crippen LogP contribution is -2.04. The zero-order valence-corrected chi connectivity index (χ0v) is 43.4. The third-order valence-electron chi connectivity index (χ3n) is 15.3. The number of hydrogen-bond acceptors (Lipinski definition) is 3. The summed E-state index contributed by atoms with van der Waals surface area (Å²) in [4.78, 5) is 16.2. The maximum Gasteiger partial charge on any atom is 0.164 e. The van der Waals surface area contributed by atoms with E-state index in [0.29, 0.717) is 17.5 Å². The van der Waals surface area contributed by atoms with Gasteiger partial charge in [-0.2, -0.15) is 0 Å². The SMILES string of the molecule is C1=CC(c2ccc(-c3nc(-c4ccc(-c5ccccc5)cc4)nc(-c4cc(-c5ccc(-c6ccccc6)cc5)c(-n5c6ccccc6c6cc(-c7ccccc7)ccc65)c(-c5ccc(-c6ccccc6)cc5)c4)n3)cc2)=CCC1. The van der Waals surface area contributed by atoms with Crippen molar-refractivity contribution in [3.05, 3.63) is 297 Å². The van der Waals surface area contributed by atoms with Gasteiger partial charge in [-0.1, -0.05) is 261 Å². The van der Waals surface area contributed by atoms with Crippen molar-refractivity contribution in [1.29, 1.82) is 0 Å². The summed E-state index contributed by atoms with van der Waals surface area (Å²) in [5.74, 6) is 1.79. The van der Waals surface area contributed by atoms with Gasteiger partial charge in [0.15, 0.2) is 17.5 Å². The van der Waals surface area contributed by atoms with E-state index < -0.39 is 0 Å². The summed E-state index contributed by atoms with van der Waals surface area (Å²) in [6.07, 6.45) is 8.91. The first-order chi connectivity index (χ1) is 39.1. The highest BCUT2D eigenvalue weighted by Crippen LogP contribution is 2.45. The lowest BCUT2D eigenvalue weighted by atomic mass is 9.91. The Hall–Kier alpha value is -10.3. The molecule has 0 atom stereocenters. The molecule has 2 heterocycles. The van der Waals surface area contributed by atoms with E-state index in [1.165, 1.54) is 44.2 Å². The van der Waals surface area contributed by atoms with Crippen LogP contribution in [0.3, 0.4) is 0 Å². The molecule has 1 aliphatic carbocycles. The number of para-hydroxylation sites is 1. The molecule has 0 N–H and O–H groups in total. The first-order valence-electron chi connectivity index (χ1n) is 27.1. The van der Waals surface area contributed by atoms with Gasteiger partial charge in [0.25, 0.3) is 0 Å². The topological polar surface area (TPSA) is 43.6 Å². The minimum Gasteiger partial charge on any atom is -0.308 e. The molecule has 2 aromatic heterocycles. The molecule has 0 radical (unpaired) electrons. The second kappa shape index (κ2) is 20.7. The smallest absolute Gasteiger partial charge is 0.164 e. The molecule has 14 rings (SSSR count). The van der Waals surface area contributed by atoms with Gasteiger partial charge >= 0.3 is 0 Å². The van der Waals surface area contributed by atoms with E-state index in [9.17, 15) is 0 Å². The van der Waals surface area contributed by atoms with Crippen LogP contribution in [0.2, 0.25) is 0 Å². The second-order valence-corrected chi connectivity index (χ2v) is 20.2. The maximum atomic E-state index is 5.46. The lowest BCUT2D eigenvalue weighted by Gasteiger charge is -2.21. The van der Waals surface area contributed by atoms with Gasteiger partial charge in [-0.25, -0.2) is 15.0 Å². The molecule has 1 aliphatic rings. The molecule has 0 bridgehead atoms. The van der Waals surface area contributed by atoms with Crippen molar-refractivity contribution in [2.75, 3.05) is 0 Å². The van der Waals surface area contributed by atoms with E-state index in [4.69, 9.17) is 15.0 Å². The molecule has 372 valence electrons. The average molecular weight is 1010 g/mol. The third-order valence-corrected chi connectivity index (χ3v) is 15.3. The fraction of sp³-hybridized carbons (Fsp3) is 0.0267. The minimum atomic E-state index is 0.583. The average Bonchev–Trinajstić information content (AvgIpc) is 3.96. The van der Waals surface area contributed by atoms with Crippen LogP contribution < -0.4 is 0 Å². The van der Waals surface area contributed by atoms with Gasteiger partial charge in [-0.3, -0.25) is 0 Å². The van der Waals surface area contributed by atoms with E-state index in [1.807, 2.05) is 0 Å². The number of aromatic nitrogens is 4. The maximum absolute atomic E-state index is 5.46. The molecule has 0 saturated heterocycles. The summed E-state index contributed by atoms with van der Waals surface area (Å²) >= 11 is 0. The fourth-order valence-corrected chi connectivity index (χ4v) is 11.3. The highest BCUT2D eigenvalue weighted by atomic mass is 15.0. The van der Waals surface area contributed by atoms with Crippen molar-refractivity contribution in [1.82, 2.24) is 19.5 Å². The van der Waals surface area contributed by atoms with Crippen LogP contribution in [-0.4, -0.2) is 19.5 Å². The molecule has 0 fully saturated rings. The summed E-state index contributed by atoms with van der Waals surface area (Å²) in [7, 11) is 0. The van der Waals surface area contributed by atoms with Crippen LogP contribution in [0.25, 0.3) is 134 Å². The molecule has 0 amide bonds. The summed E-state index contributed by atoms with van der Waals surface area (Å²) in [5, 5.41) is 2.37. The van der Waals surface area contributed by atoms with Crippen molar-refractivity contribution in [3.8, 4) is 107 Å². The molecule has 4 nitrogen and oxygen atoms in total. The van der Waals surface area contributed by atoms with Gasteiger partial charge in [0.1, 0.15) is 0 Å². The van der Waals surface area contributed by atoms with Crippen LogP contribution in [0.4, 0.5) is 0 Å². The van der Waals surface area contributed by atoms with E-state index in [1.54, 1.807) is 0 Å². The quantitative estimate of drug-likeness (QED) is 0.130. The standard InChI is InChI=1S/C75H52N4/c1-6-18-51(19-7-1)56-30-38-60(39-31-56)67-49-65(75-77-73(62-42-34-58(35-43-62)53-22-10-3-11-23-53)76-74(78-75)63-44-36-59(37-45-63)54-24-12-4-13-25-54)50-68(61-40-32-57(33-41-61)52-20-8-2-9-21-52)72(67)79-70-29-17-16-28-66(70)69-48-64(46-47-71(69)79)55-26-14-5-15-27-55/h1-3,5-12,14-50H,4,13H2. The minimum absolute atomic E-state index is 0.583. The Morgan fingerprint density at radius 3 is 1.10 bits per heavy atom. The fourth-order valence-electron chi connectivity index (χ4n) is 11.3. The van der Waals surface area contributed by atoms with E-state index in [2.05, 4.69) is 296 Å². The van der Waals surface area contributed by atoms with Gasteiger partial charge in [0, 0.05) is 38.6 Å². The van der Waals surface area contributed by atoms with Crippen LogP contribution in [0.5, 0.6) is 0 Å². The molecule has 0 spiro atoms. The van der Waals surface area contributed by atoms with Crippen LogP contribution in [0.15, 0.2) is 291 Å². The number of benzene rings is 11. The second-order valence-electron chi connectivity index (χ2n) is 20.2. The van der Waals surface area contributed by atoms with Gasteiger partial charge in [-0.15, -0.1) is 0 Å². The highest BCUT2D eigenvalue weighted by Gasteiger charge is 2.24. The third kappa shape index (κ3) is 9.26. The highest BCUT2D eigenvalue weighted by molar-refractivity contribution is 6.12. The number of rotatable bonds is 11. The number of allylic oxidation sites excluding steroid dienone is 4. The van der Waals surface area contributed by atoms with E-state index in [0.717, 1.165) is 90.8 Å². The molecule has 79 heavy (non-hydrogen) atoms. The Labute approximate surface area is 460 Å². The Balaban J connectivity index is 1.03. The molecule has 0 saturated carbocycles. The van der Waals surface area contributed by atoms with Crippen molar-refractivity contribution in [2.45, 2.75) is 12.8 Å². The molecule has 0 unspecified atom stereocenters. The normalized spacial score (nSPS) is 12.2. The molecule has 4 heteroatoms. The van der Waals surface area contributed by atoms with Crippen molar-refractivity contribution in [2.24, 2.45) is 0 Å². The molecular weight excluding hydrogens is 957 g/mol. The summed E-state index contributed by atoms with van der Waals surface area (Å²) in [6, 6.07) is 98.0. The van der Waals surface area contributed by atoms with E-state index >= 15 is 0 Å². The molecule has 11 aromatic carbocycles. The van der Waals surface area contributed by atoms with Crippen LogP contribution >= 0.6 is 0 Å². The number of hydrogen-bond donors (Lipinski definition) is 0. The number of fused-ring (bicyclic) bond motifs is 3. The molecule has 0 aliphatic heterocycles. The van der Waals surface area contributed by atoms with Crippen LogP contribution in [-0.2, 0) is 0 Å². The zero-order valence-electron chi connectivity index (χ0n) is 43.4. The Kier molecular flexibility index (Phi) is 12.4. The van der Waals surface area contributed by atoms with Crippen LogP contribution in [0, 0.1) is 0 Å². The lowest BCUT2D eigenvalue weighted by molar-refractivity contribution is 1.04. The monoisotopic (exact) mass is 1010 g/mol. The molecular formula is C75H52N4. The zero-order chi connectivity index (χ0) is 52.5. The van der Waals surface area contributed by atoms with Crippen LogP contribution in [0.1, 0.15) is 18.4 Å². The first kappa shape index (κ1) is 47.2. The van der Waals surface area contributed by atoms with Gasteiger partial charge in [0.05, 0.1) is 16.7 Å². The summed E-state index contributed by atoms with van der Waals surface area (Å²) in [5.41, 5.74) is 21.9. The Morgan fingerprint density at radius 2 is 0.633 bits per heavy atom. The van der Waals surface area contributed by atoms with E-state index in [-0.39, 0.29) is 0 Å². The van der Waals surface area contributed by atoms with Crippen molar-refractivity contribution >= 4 is 27.4 Å². The van der Waals surface area contributed by atoms with Gasteiger partial charge < -0.3 is 4.57 Å². The predicted octanol–water partition coefficient (Wildman–Crippen LogP) is 19.7. The summed E-state index contributed by atoms with van der Waals surface area (Å²) in [6.45, 7) is 0. The first-order valence-corrected chi connectivity index (χ1v) is 27.1. The van der Waals surface area contributed by atoms with Gasteiger partial charge in [0.2, 0.25) is 0 Å².